The highest BCUT2D eigenvalue weighted by molar-refractivity contribution is 7.89. The van der Waals surface area contributed by atoms with Crippen LogP contribution in [0.2, 0.25) is 0 Å². The first-order valence-corrected chi connectivity index (χ1v) is 15.3. The van der Waals surface area contributed by atoms with Gasteiger partial charge in [-0.05, 0) is 61.1 Å². The Labute approximate surface area is 228 Å². The van der Waals surface area contributed by atoms with Crippen LogP contribution in [0.15, 0.2) is 89.1 Å². The van der Waals surface area contributed by atoms with E-state index in [0.717, 1.165) is 43.4 Å². The van der Waals surface area contributed by atoms with Gasteiger partial charge in [-0.1, -0.05) is 67.9 Å². The normalized spacial score (nSPS) is 16.3. The zero-order valence-corrected chi connectivity index (χ0v) is 23.0. The minimum absolute atomic E-state index is 0.0379. The van der Waals surface area contributed by atoms with Crippen LogP contribution >= 0.6 is 11.3 Å². The number of anilines is 1. The van der Waals surface area contributed by atoms with Crippen LogP contribution in [0.5, 0.6) is 0 Å². The van der Waals surface area contributed by atoms with Crippen molar-refractivity contribution < 1.29 is 13.2 Å². The first-order chi connectivity index (χ1) is 18.4. The lowest BCUT2D eigenvalue weighted by Crippen LogP contribution is -2.43. The van der Waals surface area contributed by atoms with Gasteiger partial charge in [-0.2, -0.15) is 4.31 Å². The van der Waals surface area contributed by atoms with Crippen molar-refractivity contribution in [2.24, 2.45) is 0 Å². The smallest absolute Gasteiger partial charge is 0.257 e. The minimum atomic E-state index is -3.58. The highest BCUT2D eigenvalue weighted by atomic mass is 32.2. The van der Waals surface area contributed by atoms with Crippen LogP contribution in [0, 0.1) is 0 Å². The third-order valence-corrected chi connectivity index (χ3v) is 9.72. The first kappa shape index (κ1) is 26.3. The molecule has 4 aromatic rings. The Morgan fingerprint density at radius 3 is 2.39 bits per heavy atom. The van der Waals surface area contributed by atoms with Crippen molar-refractivity contribution in [3.05, 3.63) is 101 Å². The van der Waals surface area contributed by atoms with E-state index < -0.39 is 10.0 Å². The number of carbonyl (C=O) groups is 1. The highest BCUT2D eigenvalue weighted by Crippen LogP contribution is 2.28. The number of hydrogen-bond donors (Lipinski definition) is 1. The summed E-state index contributed by atoms with van der Waals surface area (Å²) in [5.41, 5.74) is 4.65. The van der Waals surface area contributed by atoms with Crippen LogP contribution in [0.4, 0.5) is 5.13 Å². The largest absolute Gasteiger partial charge is 0.298 e. The van der Waals surface area contributed by atoms with Crippen molar-refractivity contribution in [3.8, 4) is 11.3 Å². The molecule has 5 rings (SSSR count). The Balaban J connectivity index is 1.23. The molecular weight excluding hydrogens is 514 g/mol. The van der Waals surface area contributed by atoms with Gasteiger partial charge in [-0.3, -0.25) is 10.1 Å². The van der Waals surface area contributed by atoms with E-state index in [4.69, 9.17) is 0 Å². The summed E-state index contributed by atoms with van der Waals surface area (Å²) in [5.74, 6) is -0.322. The maximum absolute atomic E-state index is 13.2. The van der Waals surface area contributed by atoms with Crippen LogP contribution in [0.25, 0.3) is 11.3 Å². The van der Waals surface area contributed by atoms with Gasteiger partial charge in [0.15, 0.2) is 5.13 Å². The summed E-state index contributed by atoms with van der Waals surface area (Å²) in [7, 11) is -3.58. The molecule has 196 valence electrons. The summed E-state index contributed by atoms with van der Waals surface area (Å²) in [4.78, 5) is 17.6. The summed E-state index contributed by atoms with van der Waals surface area (Å²) < 4.78 is 28.0. The highest BCUT2D eigenvalue weighted by Gasteiger charge is 2.32. The molecule has 0 bridgehead atoms. The molecule has 0 radical (unpaired) electrons. The summed E-state index contributed by atoms with van der Waals surface area (Å²) >= 11 is 1.36. The van der Waals surface area contributed by atoms with Crippen molar-refractivity contribution in [1.82, 2.24) is 9.29 Å². The van der Waals surface area contributed by atoms with Gasteiger partial charge >= 0.3 is 0 Å². The molecule has 1 unspecified atom stereocenters. The van der Waals surface area contributed by atoms with Crippen molar-refractivity contribution in [1.29, 1.82) is 0 Å². The number of aromatic nitrogens is 1. The van der Waals surface area contributed by atoms with Crippen molar-refractivity contribution in [3.63, 3.8) is 0 Å². The summed E-state index contributed by atoms with van der Waals surface area (Å²) in [6.07, 6.45) is 4.50. The average Bonchev–Trinajstić information content (AvgIpc) is 3.42. The fourth-order valence-corrected chi connectivity index (χ4v) is 7.35. The summed E-state index contributed by atoms with van der Waals surface area (Å²) in [6.45, 7) is 2.57. The number of piperidine rings is 1. The molecule has 1 aromatic heterocycles. The SMILES string of the molecule is CCC1CCCCN1S(=O)(=O)c1ccc(C(=O)Nc2nc(-c3ccc(Cc4ccccc4)cc3)cs2)cc1. The fourth-order valence-electron chi connectivity index (χ4n) is 4.87. The van der Waals surface area contributed by atoms with Crippen molar-refractivity contribution >= 4 is 32.4 Å². The molecule has 0 spiro atoms. The van der Waals surface area contributed by atoms with Gasteiger partial charge in [0.1, 0.15) is 0 Å². The van der Waals surface area contributed by atoms with E-state index in [-0.39, 0.29) is 16.8 Å². The van der Waals surface area contributed by atoms with E-state index in [1.54, 1.807) is 16.4 Å². The molecule has 0 aliphatic carbocycles. The summed E-state index contributed by atoms with van der Waals surface area (Å²) in [6, 6.07) is 24.8. The molecule has 2 heterocycles. The first-order valence-electron chi connectivity index (χ1n) is 13.0. The minimum Gasteiger partial charge on any atom is -0.298 e. The van der Waals surface area contributed by atoms with Crippen LogP contribution in [0.1, 0.15) is 54.1 Å². The Morgan fingerprint density at radius 1 is 0.974 bits per heavy atom. The number of sulfonamides is 1. The van der Waals surface area contributed by atoms with E-state index in [1.165, 1.54) is 34.6 Å². The van der Waals surface area contributed by atoms with Gasteiger partial charge in [-0.25, -0.2) is 13.4 Å². The van der Waals surface area contributed by atoms with E-state index in [1.807, 2.05) is 42.6 Å². The summed E-state index contributed by atoms with van der Waals surface area (Å²) in [5, 5.41) is 5.25. The number of amides is 1. The number of carbonyl (C=O) groups excluding carboxylic acids is 1. The Kier molecular flexibility index (Phi) is 8.02. The van der Waals surface area contributed by atoms with Crippen molar-refractivity contribution in [2.75, 3.05) is 11.9 Å². The fraction of sp³-hybridized carbons (Fsp3) is 0.267. The molecule has 1 atom stereocenters. The second kappa shape index (κ2) is 11.6. The average molecular weight is 546 g/mol. The zero-order chi connectivity index (χ0) is 26.5. The van der Waals surface area contributed by atoms with Gasteiger partial charge in [0.25, 0.3) is 5.91 Å². The molecule has 1 N–H and O–H groups in total. The molecule has 0 saturated carbocycles. The predicted molar refractivity (Wildman–Crippen MR) is 153 cm³/mol. The zero-order valence-electron chi connectivity index (χ0n) is 21.3. The van der Waals surface area contributed by atoms with Crippen molar-refractivity contribution in [2.45, 2.75) is 50.0 Å². The molecular formula is C30H31N3O3S2. The molecule has 38 heavy (non-hydrogen) atoms. The molecule has 8 heteroatoms. The lowest BCUT2D eigenvalue weighted by atomic mass is 10.0. The van der Waals surface area contributed by atoms with E-state index in [0.29, 0.717) is 17.2 Å². The number of thiazole rings is 1. The molecule has 6 nitrogen and oxygen atoms in total. The monoisotopic (exact) mass is 545 g/mol. The quantitative estimate of drug-likeness (QED) is 0.270. The van der Waals surface area contributed by atoms with Crippen LogP contribution < -0.4 is 5.32 Å². The Hall–Kier alpha value is -3.33. The van der Waals surface area contributed by atoms with E-state index in [9.17, 15) is 13.2 Å². The maximum Gasteiger partial charge on any atom is 0.257 e. The predicted octanol–water partition coefficient (Wildman–Crippen LogP) is 6.61. The second-order valence-electron chi connectivity index (χ2n) is 9.55. The number of nitrogens with zero attached hydrogens (tertiary/aromatic N) is 2. The number of benzene rings is 3. The van der Waals surface area contributed by atoms with Crippen LogP contribution in [0.3, 0.4) is 0 Å². The Morgan fingerprint density at radius 2 is 1.68 bits per heavy atom. The number of rotatable bonds is 8. The third-order valence-electron chi connectivity index (χ3n) is 6.99. The van der Waals surface area contributed by atoms with Gasteiger partial charge in [0.05, 0.1) is 10.6 Å². The number of hydrogen-bond acceptors (Lipinski definition) is 5. The lowest BCUT2D eigenvalue weighted by molar-refractivity contribution is 0.102. The molecule has 1 aliphatic rings. The Bertz CT molecular complexity index is 1480. The van der Waals surface area contributed by atoms with Gasteiger partial charge in [-0.15, -0.1) is 11.3 Å². The second-order valence-corrected chi connectivity index (χ2v) is 12.3. The van der Waals surface area contributed by atoms with Gasteiger partial charge in [0.2, 0.25) is 10.0 Å². The van der Waals surface area contributed by atoms with Gasteiger partial charge < -0.3 is 0 Å². The molecule has 1 amide bonds. The van der Waals surface area contributed by atoms with Crippen LogP contribution in [-0.4, -0.2) is 36.2 Å². The molecule has 1 aliphatic heterocycles. The topological polar surface area (TPSA) is 79.4 Å². The molecule has 1 fully saturated rings. The number of nitrogens with one attached hydrogen (secondary N) is 1. The van der Waals surface area contributed by atoms with E-state index in [2.05, 4.69) is 34.6 Å². The standard InChI is InChI=1S/C30H31N3O3S2/c1-2-26-10-6-7-19-33(26)38(35,36)27-17-15-25(16-18-27)29(34)32-30-31-28(21-37-30)24-13-11-23(12-14-24)20-22-8-4-3-5-9-22/h3-5,8-9,11-18,21,26H,2,6-7,10,19-20H2,1H3,(H,31,32,34). The third kappa shape index (κ3) is 5.88. The molecule has 3 aromatic carbocycles. The lowest BCUT2D eigenvalue weighted by Gasteiger charge is -2.34. The van der Waals surface area contributed by atoms with Crippen LogP contribution in [-0.2, 0) is 16.4 Å². The van der Waals surface area contributed by atoms with E-state index >= 15 is 0 Å². The maximum atomic E-state index is 13.2. The molecule has 1 saturated heterocycles. The van der Waals surface area contributed by atoms with Gasteiger partial charge in [0, 0.05) is 29.1 Å².